The fourth-order valence-electron chi connectivity index (χ4n) is 1.79. The van der Waals surface area contributed by atoms with Gasteiger partial charge in [-0.3, -0.25) is 4.79 Å². The lowest BCUT2D eigenvalue weighted by atomic mass is 10.3. The SMILES string of the molecule is C=CCNC(=O)c1csc(Nc2ccc3c(c2)OCO3)n1. The maximum Gasteiger partial charge on any atom is 0.271 e. The van der Waals surface area contributed by atoms with Crippen LogP contribution in [0.1, 0.15) is 10.5 Å². The molecule has 2 heterocycles. The first kappa shape index (κ1) is 13.4. The number of fused-ring (bicyclic) bond motifs is 1. The van der Waals surface area contributed by atoms with Crippen molar-refractivity contribution in [1.82, 2.24) is 10.3 Å². The van der Waals surface area contributed by atoms with E-state index in [9.17, 15) is 4.79 Å². The normalized spacial score (nSPS) is 12.0. The van der Waals surface area contributed by atoms with E-state index >= 15 is 0 Å². The third kappa shape index (κ3) is 2.97. The van der Waals surface area contributed by atoms with Crippen LogP contribution in [0.4, 0.5) is 10.8 Å². The molecule has 21 heavy (non-hydrogen) atoms. The van der Waals surface area contributed by atoms with Crippen molar-refractivity contribution in [2.75, 3.05) is 18.7 Å². The van der Waals surface area contributed by atoms with Crippen molar-refractivity contribution in [3.05, 3.63) is 41.9 Å². The number of anilines is 2. The van der Waals surface area contributed by atoms with E-state index in [0.717, 1.165) is 11.4 Å². The summed E-state index contributed by atoms with van der Waals surface area (Å²) in [6.45, 7) is 4.21. The third-order valence-electron chi connectivity index (χ3n) is 2.77. The van der Waals surface area contributed by atoms with Gasteiger partial charge in [-0.25, -0.2) is 4.98 Å². The fourth-order valence-corrected chi connectivity index (χ4v) is 2.50. The first-order chi connectivity index (χ1) is 10.3. The number of benzene rings is 1. The van der Waals surface area contributed by atoms with Crippen molar-refractivity contribution in [1.29, 1.82) is 0 Å². The smallest absolute Gasteiger partial charge is 0.271 e. The van der Waals surface area contributed by atoms with Gasteiger partial charge in [-0.15, -0.1) is 17.9 Å². The minimum absolute atomic E-state index is 0.218. The minimum atomic E-state index is -0.218. The summed E-state index contributed by atoms with van der Waals surface area (Å²) in [5.74, 6) is 1.20. The number of amides is 1. The van der Waals surface area contributed by atoms with E-state index in [0.29, 0.717) is 23.1 Å². The summed E-state index contributed by atoms with van der Waals surface area (Å²) in [7, 11) is 0. The molecule has 1 amide bonds. The Bertz CT molecular complexity index is 684. The van der Waals surface area contributed by atoms with Gasteiger partial charge in [0.1, 0.15) is 5.69 Å². The van der Waals surface area contributed by atoms with Gasteiger partial charge < -0.3 is 20.1 Å². The first-order valence-electron chi connectivity index (χ1n) is 6.27. The molecule has 1 aliphatic rings. The van der Waals surface area contributed by atoms with Gasteiger partial charge in [0.05, 0.1) is 0 Å². The van der Waals surface area contributed by atoms with Crippen LogP contribution in [-0.4, -0.2) is 24.2 Å². The zero-order valence-electron chi connectivity index (χ0n) is 11.1. The van der Waals surface area contributed by atoms with Crippen molar-refractivity contribution in [2.24, 2.45) is 0 Å². The number of nitrogens with zero attached hydrogens (tertiary/aromatic N) is 1. The molecule has 0 radical (unpaired) electrons. The lowest BCUT2D eigenvalue weighted by Crippen LogP contribution is -2.23. The molecule has 0 atom stereocenters. The number of carbonyl (C=O) groups is 1. The second-order valence-corrected chi connectivity index (χ2v) is 5.09. The van der Waals surface area contributed by atoms with E-state index < -0.39 is 0 Å². The maximum atomic E-state index is 11.7. The van der Waals surface area contributed by atoms with Gasteiger partial charge in [-0.05, 0) is 12.1 Å². The van der Waals surface area contributed by atoms with E-state index in [1.807, 2.05) is 18.2 Å². The highest BCUT2D eigenvalue weighted by molar-refractivity contribution is 7.14. The standard InChI is InChI=1S/C14H13N3O3S/c1-2-5-15-13(18)10-7-21-14(17-10)16-9-3-4-11-12(6-9)20-8-19-11/h2-4,6-7H,1,5,8H2,(H,15,18)(H,16,17). The van der Waals surface area contributed by atoms with Crippen molar-refractivity contribution >= 4 is 28.1 Å². The zero-order valence-corrected chi connectivity index (χ0v) is 11.9. The van der Waals surface area contributed by atoms with Gasteiger partial charge in [0.25, 0.3) is 5.91 Å². The van der Waals surface area contributed by atoms with Crippen molar-refractivity contribution in [3.8, 4) is 11.5 Å². The van der Waals surface area contributed by atoms with Crippen LogP contribution >= 0.6 is 11.3 Å². The van der Waals surface area contributed by atoms with Crippen LogP contribution in [0.25, 0.3) is 0 Å². The molecule has 2 aromatic rings. The number of thiazole rings is 1. The van der Waals surface area contributed by atoms with Crippen LogP contribution in [0.3, 0.4) is 0 Å². The molecule has 108 valence electrons. The molecule has 1 aromatic carbocycles. The summed E-state index contributed by atoms with van der Waals surface area (Å²) in [6.07, 6.45) is 1.62. The number of ether oxygens (including phenoxy) is 2. The summed E-state index contributed by atoms with van der Waals surface area (Å²) in [6, 6.07) is 5.53. The monoisotopic (exact) mass is 303 g/mol. The summed E-state index contributed by atoms with van der Waals surface area (Å²) in [5, 5.41) is 8.16. The fraction of sp³-hybridized carbons (Fsp3) is 0.143. The van der Waals surface area contributed by atoms with Gasteiger partial charge in [0, 0.05) is 23.7 Å². The Labute approximate surface area is 125 Å². The Balaban J connectivity index is 1.69. The van der Waals surface area contributed by atoms with Crippen LogP contribution < -0.4 is 20.1 Å². The summed E-state index contributed by atoms with van der Waals surface area (Å²) >= 11 is 1.36. The van der Waals surface area contributed by atoms with Crippen LogP contribution in [0.5, 0.6) is 11.5 Å². The van der Waals surface area contributed by atoms with E-state index in [-0.39, 0.29) is 12.7 Å². The molecule has 0 fully saturated rings. The lowest BCUT2D eigenvalue weighted by Gasteiger charge is -2.03. The molecule has 0 saturated carbocycles. The van der Waals surface area contributed by atoms with Gasteiger partial charge >= 0.3 is 0 Å². The molecule has 0 aliphatic carbocycles. The number of nitrogens with one attached hydrogen (secondary N) is 2. The highest BCUT2D eigenvalue weighted by Crippen LogP contribution is 2.35. The highest BCUT2D eigenvalue weighted by Gasteiger charge is 2.14. The molecule has 0 spiro atoms. The Kier molecular flexibility index (Phi) is 3.74. The van der Waals surface area contributed by atoms with Crippen molar-refractivity contribution in [2.45, 2.75) is 0 Å². The first-order valence-corrected chi connectivity index (χ1v) is 7.15. The molecule has 0 bridgehead atoms. The number of hydrogen-bond acceptors (Lipinski definition) is 6. The lowest BCUT2D eigenvalue weighted by molar-refractivity contribution is 0.0954. The summed E-state index contributed by atoms with van der Waals surface area (Å²) in [4.78, 5) is 16.0. The van der Waals surface area contributed by atoms with Crippen LogP contribution in [0.2, 0.25) is 0 Å². The van der Waals surface area contributed by atoms with E-state index in [2.05, 4.69) is 22.2 Å². The molecule has 7 heteroatoms. The molecular formula is C14H13N3O3S. The molecule has 1 aliphatic heterocycles. The quantitative estimate of drug-likeness (QED) is 0.830. The van der Waals surface area contributed by atoms with E-state index in [4.69, 9.17) is 9.47 Å². The number of hydrogen-bond donors (Lipinski definition) is 2. The third-order valence-corrected chi connectivity index (χ3v) is 3.53. The Hall–Kier alpha value is -2.54. The zero-order chi connectivity index (χ0) is 14.7. The van der Waals surface area contributed by atoms with Gasteiger partial charge in [0.2, 0.25) is 6.79 Å². The molecule has 0 unspecified atom stereocenters. The van der Waals surface area contributed by atoms with Gasteiger partial charge in [-0.1, -0.05) is 6.08 Å². The largest absolute Gasteiger partial charge is 0.454 e. The molecule has 2 N–H and O–H groups in total. The molecular weight excluding hydrogens is 290 g/mol. The van der Waals surface area contributed by atoms with Crippen molar-refractivity contribution < 1.29 is 14.3 Å². The topological polar surface area (TPSA) is 72.5 Å². The second-order valence-electron chi connectivity index (χ2n) is 4.23. The van der Waals surface area contributed by atoms with E-state index in [1.165, 1.54) is 11.3 Å². The number of carbonyl (C=O) groups excluding carboxylic acids is 1. The summed E-state index contributed by atoms with van der Waals surface area (Å²) in [5.41, 5.74) is 1.21. The van der Waals surface area contributed by atoms with Gasteiger partial charge in [0.15, 0.2) is 16.6 Å². The van der Waals surface area contributed by atoms with Gasteiger partial charge in [-0.2, -0.15) is 0 Å². The van der Waals surface area contributed by atoms with Crippen LogP contribution in [0.15, 0.2) is 36.2 Å². The van der Waals surface area contributed by atoms with E-state index in [1.54, 1.807) is 11.5 Å². The minimum Gasteiger partial charge on any atom is -0.454 e. The molecule has 0 saturated heterocycles. The predicted molar refractivity (Wildman–Crippen MR) is 80.5 cm³/mol. The molecule has 3 rings (SSSR count). The number of rotatable bonds is 5. The Morgan fingerprint density at radius 3 is 3.14 bits per heavy atom. The maximum absolute atomic E-state index is 11.7. The van der Waals surface area contributed by atoms with Crippen molar-refractivity contribution in [3.63, 3.8) is 0 Å². The highest BCUT2D eigenvalue weighted by atomic mass is 32.1. The Morgan fingerprint density at radius 2 is 2.29 bits per heavy atom. The second kappa shape index (κ2) is 5.84. The Morgan fingerprint density at radius 1 is 1.43 bits per heavy atom. The van der Waals surface area contributed by atoms with Crippen LogP contribution in [0, 0.1) is 0 Å². The summed E-state index contributed by atoms with van der Waals surface area (Å²) < 4.78 is 10.6. The average Bonchev–Trinajstić information content (AvgIpc) is 3.13. The molecule has 6 nitrogen and oxygen atoms in total. The predicted octanol–water partition coefficient (Wildman–Crippen LogP) is 2.53. The molecule has 1 aromatic heterocycles. The number of aromatic nitrogens is 1. The average molecular weight is 303 g/mol. The van der Waals surface area contributed by atoms with Crippen LogP contribution in [-0.2, 0) is 0 Å².